The van der Waals surface area contributed by atoms with E-state index in [9.17, 15) is 74.6 Å². The maximum absolute atomic E-state index is 13.7. The summed E-state index contributed by atoms with van der Waals surface area (Å²) in [6, 6.07) is 0. The van der Waals surface area contributed by atoms with Gasteiger partial charge in [-0.15, -0.1) is 0 Å². The minimum atomic E-state index is -8.63. The highest BCUT2D eigenvalue weighted by atomic mass is 19.4. The molecule has 0 saturated carbocycles. The van der Waals surface area contributed by atoms with Crippen LogP contribution in [0.25, 0.3) is 0 Å². The smallest absolute Gasteiger partial charge is 0.382 e. The zero-order valence-electron chi connectivity index (χ0n) is 19.4. The highest BCUT2D eigenvalue weighted by Crippen LogP contribution is 2.64. The quantitative estimate of drug-likeness (QED) is 0.122. The molecule has 0 aromatic carbocycles. The summed E-state index contributed by atoms with van der Waals surface area (Å²) in [6.45, 7) is -1.03. The van der Waals surface area contributed by atoms with Gasteiger partial charge in [0.15, 0.2) is 0 Å². The Hall–Kier alpha value is -1.35. The van der Waals surface area contributed by atoms with Crippen molar-refractivity contribution < 1.29 is 93.6 Å². The molecule has 0 fully saturated rings. The third-order valence-electron chi connectivity index (χ3n) is 4.74. The van der Waals surface area contributed by atoms with Crippen LogP contribution in [0, 0.1) is 0 Å². The number of hydrogen-bond acceptors (Lipinski definition) is 4. The number of halogens is 17. The van der Waals surface area contributed by atoms with Crippen molar-refractivity contribution in [2.24, 2.45) is 0 Å². The molecular weight excluding hydrogens is 603 g/mol. The molecule has 0 rings (SSSR count). The number of hydrogen-bond donors (Lipinski definition) is 0. The Labute approximate surface area is 208 Å². The van der Waals surface area contributed by atoms with E-state index in [0.29, 0.717) is 0 Å². The Balaban J connectivity index is 5.34. The molecule has 0 aliphatic carbocycles. The van der Waals surface area contributed by atoms with Crippen molar-refractivity contribution in [1.29, 1.82) is 0 Å². The number of rotatable bonds is 19. The van der Waals surface area contributed by atoms with Crippen molar-refractivity contribution in [2.75, 3.05) is 53.4 Å². The Morgan fingerprint density at radius 3 is 1.05 bits per heavy atom. The second kappa shape index (κ2) is 13.1. The lowest BCUT2D eigenvalue weighted by Gasteiger charge is -2.42. The molecule has 0 atom stereocenters. The Bertz CT molecular complexity index is 740. The van der Waals surface area contributed by atoms with Gasteiger partial charge in [0.2, 0.25) is 0 Å². The third kappa shape index (κ3) is 7.49. The summed E-state index contributed by atoms with van der Waals surface area (Å²) >= 11 is 0. The van der Waals surface area contributed by atoms with E-state index in [1.807, 2.05) is 0 Å². The average molecular weight is 624 g/mol. The van der Waals surface area contributed by atoms with Crippen LogP contribution in [0.4, 0.5) is 74.6 Å². The first-order valence-corrected chi connectivity index (χ1v) is 10.2. The van der Waals surface area contributed by atoms with Crippen molar-refractivity contribution in [2.45, 2.75) is 60.5 Å². The first-order valence-electron chi connectivity index (χ1n) is 10.2. The first kappa shape index (κ1) is 37.6. The fourth-order valence-corrected chi connectivity index (χ4v) is 2.43. The van der Waals surface area contributed by atoms with Gasteiger partial charge in [-0.25, -0.2) is 0 Å². The van der Waals surface area contributed by atoms with Crippen LogP contribution in [0.2, 0.25) is 0 Å². The number of methoxy groups -OCH3 is 1. The number of alkyl halides is 17. The molecule has 0 aliphatic heterocycles. The maximum Gasteiger partial charge on any atom is 0.460 e. The normalized spacial score (nSPS) is 15.2. The summed E-state index contributed by atoms with van der Waals surface area (Å²) < 4.78 is 243. The summed E-state index contributed by atoms with van der Waals surface area (Å²) in [7, 11) is 1.40. The van der Waals surface area contributed by atoms with E-state index in [1.54, 1.807) is 0 Å². The van der Waals surface area contributed by atoms with Gasteiger partial charge in [-0.1, -0.05) is 0 Å². The maximum atomic E-state index is 13.7. The van der Waals surface area contributed by atoms with Gasteiger partial charge < -0.3 is 18.9 Å². The molecule has 0 spiro atoms. The second-order valence-corrected chi connectivity index (χ2v) is 7.58. The van der Waals surface area contributed by atoms with Gasteiger partial charge in [-0.05, 0) is 6.42 Å². The monoisotopic (exact) mass is 624 g/mol. The van der Waals surface area contributed by atoms with Gasteiger partial charge in [-0.2, -0.15) is 74.6 Å². The molecule has 0 saturated heterocycles. The highest BCUT2D eigenvalue weighted by molar-refractivity contribution is 5.15. The van der Waals surface area contributed by atoms with Crippen molar-refractivity contribution in [3.8, 4) is 0 Å². The first-order chi connectivity index (χ1) is 17.3. The lowest BCUT2D eigenvalue weighted by atomic mass is 9.88. The van der Waals surface area contributed by atoms with Gasteiger partial charge in [0.25, 0.3) is 0 Å². The average Bonchev–Trinajstić information content (AvgIpc) is 2.78. The Morgan fingerprint density at radius 2 is 0.692 bits per heavy atom. The van der Waals surface area contributed by atoms with E-state index in [2.05, 4.69) is 9.47 Å². The third-order valence-corrected chi connectivity index (χ3v) is 4.74. The summed E-state index contributed by atoms with van der Waals surface area (Å²) in [5, 5.41) is 0. The molecule has 0 aromatic rings. The van der Waals surface area contributed by atoms with E-state index in [1.165, 1.54) is 7.11 Å². The zero-order chi connectivity index (χ0) is 31.2. The van der Waals surface area contributed by atoms with E-state index in [4.69, 9.17) is 9.47 Å². The van der Waals surface area contributed by atoms with Crippen molar-refractivity contribution in [3.63, 3.8) is 0 Å². The standard InChI is InChI=1S/C18H21F17O4/c1-36-5-6-38-9-10-39-8-7-37-4-2-3-11(19,20)12(21,22)13(23,24)14(25,26)15(27,28)16(29,30)17(31,32)18(33,34)35/h2-10H2,1H3. The molecule has 0 bridgehead atoms. The Kier molecular flexibility index (Phi) is 12.6. The molecule has 0 amide bonds. The summed E-state index contributed by atoms with van der Waals surface area (Å²) in [5.74, 6) is -56.2. The fourth-order valence-electron chi connectivity index (χ4n) is 2.43. The van der Waals surface area contributed by atoms with Crippen LogP contribution in [0.1, 0.15) is 12.8 Å². The van der Waals surface area contributed by atoms with Crippen LogP contribution < -0.4 is 0 Å². The highest BCUT2D eigenvalue weighted by Gasteiger charge is 2.95. The van der Waals surface area contributed by atoms with Gasteiger partial charge in [0, 0.05) is 20.1 Å². The van der Waals surface area contributed by atoms with Gasteiger partial charge in [-0.3, -0.25) is 0 Å². The van der Waals surface area contributed by atoms with Gasteiger partial charge in [0.05, 0.1) is 39.6 Å². The van der Waals surface area contributed by atoms with E-state index in [0.717, 1.165) is 0 Å². The van der Waals surface area contributed by atoms with E-state index in [-0.39, 0.29) is 33.0 Å². The van der Waals surface area contributed by atoms with Crippen molar-refractivity contribution in [1.82, 2.24) is 0 Å². The lowest BCUT2D eigenvalue weighted by molar-refractivity contribution is -0.461. The van der Waals surface area contributed by atoms with Crippen LogP contribution in [-0.4, -0.2) is 101 Å². The molecule has 21 heteroatoms. The zero-order valence-corrected chi connectivity index (χ0v) is 19.4. The van der Waals surface area contributed by atoms with Crippen molar-refractivity contribution in [3.05, 3.63) is 0 Å². The molecule has 0 aromatic heterocycles. The second-order valence-electron chi connectivity index (χ2n) is 7.58. The molecule has 0 aliphatic rings. The van der Waals surface area contributed by atoms with Crippen molar-refractivity contribution >= 4 is 0 Å². The minimum Gasteiger partial charge on any atom is -0.382 e. The molecule has 39 heavy (non-hydrogen) atoms. The van der Waals surface area contributed by atoms with Gasteiger partial charge >= 0.3 is 47.6 Å². The largest absolute Gasteiger partial charge is 0.460 e. The van der Waals surface area contributed by atoms with Gasteiger partial charge in [0.1, 0.15) is 0 Å². The predicted octanol–water partition coefficient (Wildman–Crippen LogP) is 6.47. The molecule has 4 nitrogen and oxygen atoms in total. The summed E-state index contributed by atoms with van der Waals surface area (Å²) in [5.41, 5.74) is 0. The van der Waals surface area contributed by atoms with Crippen LogP contribution in [-0.2, 0) is 18.9 Å². The lowest BCUT2D eigenvalue weighted by Crippen LogP contribution is -2.74. The Morgan fingerprint density at radius 1 is 0.385 bits per heavy atom. The van der Waals surface area contributed by atoms with E-state index >= 15 is 0 Å². The molecule has 0 N–H and O–H groups in total. The topological polar surface area (TPSA) is 36.9 Å². The fraction of sp³-hybridized carbons (Fsp3) is 1.00. The predicted molar refractivity (Wildman–Crippen MR) is 94.3 cm³/mol. The SMILES string of the molecule is COCCOCCOCCOCCCC(F)(F)C(F)(F)C(F)(F)C(F)(F)C(F)(F)C(F)(F)C(F)(F)C(F)(F)F. The molecule has 0 heterocycles. The summed E-state index contributed by atoms with van der Waals surface area (Å²) in [4.78, 5) is 0. The minimum absolute atomic E-state index is 0.000749. The molecule has 0 radical (unpaired) electrons. The van der Waals surface area contributed by atoms with E-state index < -0.39 is 73.7 Å². The van der Waals surface area contributed by atoms with Crippen LogP contribution in [0.3, 0.4) is 0 Å². The summed E-state index contributed by atoms with van der Waals surface area (Å²) in [6.07, 6.45) is -11.7. The number of ether oxygens (including phenoxy) is 4. The molecular formula is C18H21F17O4. The molecule has 236 valence electrons. The van der Waals surface area contributed by atoms with Crippen LogP contribution in [0.15, 0.2) is 0 Å². The van der Waals surface area contributed by atoms with Crippen LogP contribution >= 0.6 is 0 Å². The molecule has 0 unspecified atom stereocenters. The van der Waals surface area contributed by atoms with Crippen LogP contribution in [0.5, 0.6) is 0 Å².